The van der Waals surface area contributed by atoms with Crippen LogP contribution in [0.25, 0.3) is 0 Å². The van der Waals surface area contributed by atoms with Crippen LogP contribution < -0.4 is 14.8 Å². The smallest absolute Gasteiger partial charge is 0.141 e. The molecule has 0 aliphatic heterocycles. The average molecular weight is 352 g/mol. The molecule has 112 valence electrons. The number of para-hydroxylation sites is 2. The van der Waals surface area contributed by atoms with E-state index in [4.69, 9.17) is 9.47 Å². The second-order valence-electron chi connectivity index (χ2n) is 4.50. The Kier molecular flexibility index (Phi) is 5.90. The van der Waals surface area contributed by atoms with Gasteiger partial charge in [0.1, 0.15) is 24.2 Å². The van der Waals surface area contributed by atoms with E-state index in [0.29, 0.717) is 6.54 Å². The van der Waals surface area contributed by atoms with Crippen molar-refractivity contribution in [1.29, 1.82) is 0 Å². The van der Waals surface area contributed by atoms with E-state index in [9.17, 15) is 5.11 Å². The third-order valence-corrected chi connectivity index (χ3v) is 3.42. The number of hydrogen-bond donors (Lipinski definition) is 2. The van der Waals surface area contributed by atoms with Gasteiger partial charge in [-0.3, -0.25) is 0 Å². The summed E-state index contributed by atoms with van der Waals surface area (Å²) in [7, 11) is 1.62. The Morgan fingerprint density at radius 2 is 1.86 bits per heavy atom. The summed E-state index contributed by atoms with van der Waals surface area (Å²) in [5.74, 6) is 1.48. The zero-order valence-corrected chi connectivity index (χ0v) is 13.3. The summed E-state index contributed by atoms with van der Waals surface area (Å²) in [4.78, 5) is 0. The summed E-state index contributed by atoms with van der Waals surface area (Å²) in [6.45, 7) is 0.612. The van der Waals surface area contributed by atoms with Crippen molar-refractivity contribution in [2.24, 2.45) is 0 Å². The lowest BCUT2D eigenvalue weighted by Crippen LogP contribution is -2.26. The first-order chi connectivity index (χ1) is 10.2. The van der Waals surface area contributed by atoms with Crippen molar-refractivity contribution in [1.82, 2.24) is 0 Å². The molecule has 2 N–H and O–H groups in total. The molecule has 0 aliphatic carbocycles. The number of nitrogens with one attached hydrogen (secondary N) is 1. The summed E-state index contributed by atoms with van der Waals surface area (Å²) in [5, 5.41) is 13.1. The highest BCUT2D eigenvalue weighted by molar-refractivity contribution is 9.10. The van der Waals surface area contributed by atoms with Crippen molar-refractivity contribution in [3.8, 4) is 11.5 Å². The SMILES string of the molecule is COc1ccccc1NCC(O)COc1ccc(Br)cc1. The van der Waals surface area contributed by atoms with E-state index < -0.39 is 6.10 Å². The number of anilines is 1. The number of benzene rings is 2. The predicted octanol–water partition coefficient (Wildman–Crippen LogP) is 3.31. The molecule has 0 saturated carbocycles. The number of rotatable bonds is 7. The van der Waals surface area contributed by atoms with Crippen LogP contribution in [0.4, 0.5) is 5.69 Å². The molecule has 2 aromatic rings. The highest BCUT2D eigenvalue weighted by atomic mass is 79.9. The van der Waals surface area contributed by atoms with Crippen LogP contribution in [-0.4, -0.2) is 31.5 Å². The Morgan fingerprint density at radius 3 is 2.57 bits per heavy atom. The van der Waals surface area contributed by atoms with Crippen LogP contribution in [-0.2, 0) is 0 Å². The van der Waals surface area contributed by atoms with Gasteiger partial charge in [0.05, 0.1) is 12.8 Å². The fourth-order valence-electron chi connectivity index (χ4n) is 1.80. The Hall–Kier alpha value is -1.72. The molecule has 0 spiro atoms. The van der Waals surface area contributed by atoms with E-state index >= 15 is 0 Å². The van der Waals surface area contributed by atoms with Crippen LogP contribution in [0.5, 0.6) is 11.5 Å². The zero-order chi connectivity index (χ0) is 15.1. The lowest BCUT2D eigenvalue weighted by molar-refractivity contribution is 0.117. The second-order valence-corrected chi connectivity index (χ2v) is 5.42. The van der Waals surface area contributed by atoms with Crippen molar-refractivity contribution in [2.75, 3.05) is 25.6 Å². The Bertz CT molecular complexity index is 560. The molecule has 0 radical (unpaired) electrons. The molecule has 1 atom stereocenters. The summed E-state index contributed by atoms with van der Waals surface area (Å²) in [5.41, 5.74) is 0.850. The van der Waals surface area contributed by atoms with E-state index in [1.807, 2.05) is 48.5 Å². The lowest BCUT2D eigenvalue weighted by Gasteiger charge is -2.15. The van der Waals surface area contributed by atoms with Crippen molar-refractivity contribution < 1.29 is 14.6 Å². The van der Waals surface area contributed by atoms with E-state index in [-0.39, 0.29) is 6.61 Å². The molecule has 0 aromatic heterocycles. The van der Waals surface area contributed by atoms with Gasteiger partial charge in [-0.05, 0) is 36.4 Å². The third kappa shape index (κ3) is 4.95. The maximum absolute atomic E-state index is 9.95. The molecule has 4 nitrogen and oxygen atoms in total. The minimum absolute atomic E-state index is 0.226. The van der Waals surface area contributed by atoms with E-state index in [1.165, 1.54) is 0 Å². The first kappa shape index (κ1) is 15.7. The number of aliphatic hydroxyl groups excluding tert-OH is 1. The molecule has 2 aromatic carbocycles. The van der Waals surface area contributed by atoms with Gasteiger partial charge in [0.25, 0.3) is 0 Å². The number of halogens is 1. The molecular weight excluding hydrogens is 334 g/mol. The van der Waals surface area contributed by atoms with E-state index in [1.54, 1.807) is 7.11 Å². The molecule has 0 amide bonds. The number of aliphatic hydroxyl groups is 1. The molecule has 0 aliphatic rings. The van der Waals surface area contributed by atoms with Crippen molar-refractivity contribution in [2.45, 2.75) is 6.10 Å². The quantitative estimate of drug-likeness (QED) is 0.803. The molecule has 0 bridgehead atoms. The second kappa shape index (κ2) is 7.90. The molecule has 5 heteroatoms. The topological polar surface area (TPSA) is 50.7 Å². The molecular formula is C16H18BrNO3. The average Bonchev–Trinajstić information content (AvgIpc) is 2.52. The lowest BCUT2D eigenvalue weighted by atomic mass is 10.2. The molecule has 2 rings (SSSR count). The van der Waals surface area contributed by atoms with Crippen LogP contribution >= 0.6 is 15.9 Å². The maximum Gasteiger partial charge on any atom is 0.141 e. The summed E-state index contributed by atoms with van der Waals surface area (Å²) in [6, 6.07) is 15.1. The Morgan fingerprint density at radius 1 is 1.14 bits per heavy atom. The van der Waals surface area contributed by atoms with E-state index in [2.05, 4.69) is 21.2 Å². The third-order valence-electron chi connectivity index (χ3n) is 2.89. The first-order valence-corrected chi connectivity index (χ1v) is 7.41. The van der Waals surface area contributed by atoms with Gasteiger partial charge in [0.2, 0.25) is 0 Å². The molecule has 0 fully saturated rings. The Balaban J connectivity index is 1.79. The van der Waals surface area contributed by atoms with Gasteiger partial charge < -0.3 is 19.9 Å². The van der Waals surface area contributed by atoms with Gasteiger partial charge >= 0.3 is 0 Å². The van der Waals surface area contributed by atoms with Gasteiger partial charge in [-0.1, -0.05) is 28.1 Å². The highest BCUT2D eigenvalue weighted by Crippen LogP contribution is 2.22. The molecule has 0 saturated heterocycles. The zero-order valence-electron chi connectivity index (χ0n) is 11.8. The fraction of sp³-hybridized carbons (Fsp3) is 0.250. The minimum atomic E-state index is -0.612. The summed E-state index contributed by atoms with van der Waals surface area (Å²) in [6.07, 6.45) is -0.612. The van der Waals surface area contributed by atoms with Gasteiger partial charge in [-0.25, -0.2) is 0 Å². The predicted molar refractivity (Wildman–Crippen MR) is 87.1 cm³/mol. The maximum atomic E-state index is 9.95. The van der Waals surface area contributed by atoms with E-state index in [0.717, 1.165) is 21.7 Å². The van der Waals surface area contributed by atoms with Crippen molar-refractivity contribution in [3.05, 3.63) is 53.0 Å². The van der Waals surface area contributed by atoms with Crippen LogP contribution in [0, 0.1) is 0 Å². The van der Waals surface area contributed by atoms with Crippen molar-refractivity contribution >= 4 is 21.6 Å². The van der Waals surface area contributed by atoms with Gasteiger partial charge in [-0.2, -0.15) is 0 Å². The molecule has 1 unspecified atom stereocenters. The number of hydrogen-bond acceptors (Lipinski definition) is 4. The number of ether oxygens (including phenoxy) is 2. The molecule has 0 heterocycles. The monoisotopic (exact) mass is 351 g/mol. The van der Waals surface area contributed by atoms with Crippen LogP contribution in [0.15, 0.2) is 53.0 Å². The van der Waals surface area contributed by atoms with Gasteiger partial charge in [0, 0.05) is 11.0 Å². The fourth-order valence-corrected chi connectivity index (χ4v) is 2.06. The van der Waals surface area contributed by atoms with Crippen molar-refractivity contribution in [3.63, 3.8) is 0 Å². The highest BCUT2D eigenvalue weighted by Gasteiger charge is 2.07. The minimum Gasteiger partial charge on any atom is -0.495 e. The largest absolute Gasteiger partial charge is 0.495 e. The Labute approximate surface area is 132 Å². The van der Waals surface area contributed by atoms with Crippen LogP contribution in [0.2, 0.25) is 0 Å². The summed E-state index contributed by atoms with van der Waals surface area (Å²) < 4.78 is 11.8. The van der Waals surface area contributed by atoms with Gasteiger partial charge in [0.15, 0.2) is 0 Å². The van der Waals surface area contributed by atoms with Crippen LogP contribution in [0.3, 0.4) is 0 Å². The molecule has 21 heavy (non-hydrogen) atoms. The summed E-state index contributed by atoms with van der Waals surface area (Å²) >= 11 is 3.36. The van der Waals surface area contributed by atoms with Crippen LogP contribution in [0.1, 0.15) is 0 Å². The number of methoxy groups -OCH3 is 1. The first-order valence-electron chi connectivity index (χ1n) is 6.62. The van der Waals surface area contributed by atoms with Gasteiger partial charge in [-0.15, -0.1) is 0 Å². The standard InChI is InChI=1S/C16H18BrNO3/c1-20-16-5-3-2-4-15(16)18-10-13(19)11-21-14-8-6-12(17)7-9-14/h2-9,13,18-19H,10-11H2,1H3. The normalized spacial score (nSPS) is 11.8.